The molecule has 0 heterocycles. The molecule has 0 spiro atoms. The molecule has 0 radical (unpaired) electrons. The van der Waals surface area contributed by atoms with Gasteiger partial charge in [0.15, 0.2) is 0 Å². The molecular formula is C13H18ClN3O2. The van der Waals surface area contributed by atoms with Crippen molar-refractivity contribution in [1.82, 2.24) is 10.6 Å². The Labute approximate surface area is 117 Å². The van der Waals surface area contributed by atoms with Crippen LogP contribution in [0.3, 0.4) is 0 Å². The lowest BCUT2D eigenvalue weighted by atomic mass is 10.3. The number of nitrogens with one attached hydrogen (secondary N) is 3. The van der Waals surface area contributed by atoms with Crippen LogP contribution in [0.4, 0.5) is 5.69 Å². The van der Waals surface area contributed by atoms with E-state index in [1.807, 2.05) is 6.92 Å². The number of para-hydroxylation sites is 1. The van der Waals surface area contributed by atoms with Crippen molar-refractivity contribution in [3.8, 4) is 0 Å². The van der Waals surface area contributed by atoms with Crippen LogP contribution in [0.15, 0.2) is 24.3 Å². The average Bonchev–Trinajstić information content (AvgIpc) is 2.39. The topological polar surface area (TPSA) is 70.2 Å². The first-order chi connectivity index (χ1) is 9.04. The van der Waals surface area contributed by atoms with Gasteiger partial charge >= 0.3 is 0 Å². The summed E-state index contributed by atoms with van der Waals surface area (Å²) in [5.41, 5.74) is 0.557. The highest BCUT2D eigenvalue weighted by molar-refractivity contribution is 6.33. The van der Waals surface area contributed by atoms with Crippen LogP contribution < -0.4 is 16.0 Å². The molecule has 0 aliphatic heterocycles. The predicted octanol–water partition coefficient (Wildman–Crippen LogP) is 1.39. The van der Waals surface area contributed by atoms with Crippen molar-refractivity contribution in [2.45, 2.75) is 19.9 Å². The fourth-order valence-electron chi connectivity index (χ4n) is 1.42. The minimum Gasteiger partial charge on any atom is -0.355 e. The van der Waals surface area contributed by atoms with E-state index in [0.29, 0.717) is 17.3 Å². The van der Waals surface area contributed by atoms with Crippen molar-refractivity contribution in [2.75, 3.05) is 18.4 Å². The number of hydrogen-bond acceptors (Lipinski definition) is 3. The molecule has 0 aliphatic rings. The summed E-state index contributed by atoms with van der Waals surface area (Å²) in [4.78, 5) is 23.1. The largest absolute Gasteiger partial charge is 0.355 e. The van der Waals surface area contributed by atoms with Gasteiger partial charge in [-0.05, 0) is 26.0 Å². The second-order valence-electron chi connectivity index (χ2n) is 4.03. The first-order valence-electron chi connectivity index (χ1n) is 6.10. The van der Waals surface area contributed by atoms with Gasteiger partial charge in [0.2, 0.25) is 11.8 Å². The van der Waals surface area contributed by atoms with Crippen LogP contribution in [-0.4, -0.2) is 30.9 Å². The molecule has 5 nitrogen and oxygen atoms in total. The van der Waals surface area contributed by atoms with Crippen LogP contribution in [0.1, 0.15) is 13.8 Å². The highest BCUT2D eigenvalue weighted by Gasteiger charge is 2.13. The van der Waals surface area contributed by atoms with Crippen LogP contribution in [-0.2, 0) is 9.59 Å². The zero-order valence-corrected chi connectivity index (χ0v) is 11.8. The lowest BCUT2D eigenvalue weighted by molar-refractivity contribution is -0.122. The molecule has 1 unspecified atom stereocenters. The molecule has 1 aromatic carbocycles. The highest BCUT2D eigenvalue weighted by atomic mass is 35.5. The van der Waals surface area contributed by atoms with Gasteiger partial charge in [-0.3, -0.25) is 14.9 Å². The number of carbonyl (C=O) groups excluding carboxylic acids is 2. The quantitative estimate of drug-likeness (QED) is 0.739. The van der Waals surface area contributed by atoms with E-state index in [1.165, 1.54) is 0 Å². The standard InChI is InChI=1S/C13H18ClN3O2/c1-3-15-13(19)9(2)16-8-12(18)17-11-7-5-4-6-10(11)14/h4-7,9,16H,3,8H2,1-2H3,(H,15,19)(H,17,18). The fraction of sp³-hybridized carbons (Fsp3) is 0.385. The van der Waals surface area contributed by atoms with E-state index in [2.05, 4.69) is 16.0 Å². The number of likely N-dealkylation sites (N-methyl/N-ethyl adjacent to an activating group) is 1. The maximum absolute atomic E-state index is 11.7. The van der Waals surface area contributed by atoms with Gasteiger partial charge in [-0.15, -0.1) is 0 Å². The van der Waals surface area contributed by atoms with Gasteiger partial charge in [0, 0.05) is 6.54 Å². The summed E-state index contributed by atoms with van der Waals surface area (Å²) in [6.45, 7) is 4.16. The molecule has 0 saturated carbocycles. The second-order valence-corrected chi connectivity index (χ2v) is 4.43. The van der Waals surface area contributed by atoms with Crippen LogP contribution in [0, 0.1) is 0 Å². The molecule has 6 heteroatoms. The van der Waals surface area contributed by atoms with E-state index in [4.69, 9.17) is 11.6 Å². The molecule has 0 fully saturated rings. The Bertz CT molecular complexity index is 451. The van der Waals surface area contributed by atoms with Crippen molar-refractivity contribution in [2.24, 2.45) is 0 Å². The first kappa shape index (κ1) is 15.5. The smallest absolute Gasteiger partial charge is 0.238 e. The summed E-state index contributed by atoms with van der Waals surface area (Å²) in [6.07, 6.45) is 0. The zero-order chi connectivity index (χ0) is 14.3. The summed E-state index contributed by atoms with van der Waals surface area (Å²) in [6, 6.07) is 6.56. The summed E-state index contributed by atoms with van der Waals surface area (Å²) in [5, 5.41) is 8.66. The van der Waals surface area contributed by atoms with Gasteiger partial charge in [-0.1, -0.05) is 23.7 Å². The number of anilines is 1. The van der Waals surface area contributed by atoms with Gasteiger partial charge < -0.3 is 10.6 Å². The Morgan fingerprint density at radius 3 is 2.63 bits per heavy atom. The Hall–Kier alpha value is -1.59. The Kier molecular flexibility index (Phi) is 6.32. The van der Waals surface area contributed by atoms with Crippen molar-refractivity contribution in [3.05, 3.63) is 29.3 Å². The molecule has 0 saturated heterocycles. The maximum atomic E-state index is 11.7. The molecule has 1 atom stereocenters. The van der Waals surface area contributed by atoms with Crippen LogP contribution >= 0.6 is 11.6 Å². The molecule has 2 amide bonds. The van der Waals surface area contributed by atoms with Crippen LogP contribution in [0.25, 0.3) is 0 Å². The minimum absolute atomic E-state index is 0.0452. The Morgan fingerprint density at radius 1 is 1.32 bits per heavy atom. The summed E-state index contributed by atoms with van der Waals surface area (Å²) >= 11 is 5.92. The monoisotopic (exact) mass is 283 g/mol. The number of rotatable bonds is 6. The van der Waals surface area contributed by atoms with E-state index in [9.17, 15) is 9.59 Å². The molecule has 19 heavy (non-hydrogen) atoms. The van der Waals surface area contributed by atoms with Crippen LogP contribution in [0.5, 0.6) is 0 Å². The number of halogens is 1. The van der Waals surface area contributed by atoms with Crippen molar-refractivity contribution in [3.63, 3.8) is 0 Å². The third kappa shape index (κ3) is 5.28. The highest BCUT2D eigenvalue weighted by Crippen LogP contribution is 2.19. The molecule has 1 rings (SSSR count). The van der Waals surface area contributed by atoms with E-state index in [0.717, 1.165) is 0 Å². The lowest BCUT2D eigenvalue weighted by Gasteiger charge is -2.13. The minimum atomic E-state index is -0.419. The van der Waals surface area contributed by atoms with Crippen molar-refractivity contribution < 1.29 is 9.59 Å². The van der Waals surface area contributed by atoms with E-state index in [1.54, 1.807) is 31.2 Å². The maximum Gasteiger partial charge on any atom is 0.238 e. The molecule has 3 N–H and O–H groups in total. The van der Waals surface area contributed by atoms with E-state index < -0.39 is 6.04 Å². The zero-order valence-electron chi connectivity index (χ0n) is 11.0. The van der Waals surface area contributed by atoms with Gasteiger partial charge in [0.05, 0.1) is 23.3 Å². The second kappa shape index (κ2) is 7.76. The number of benzene rings is 1. The molecule has 0 aliphatic carbocycles. The van der Waals surface area contributed by atoms with Crippen LogP contribution in [0.2, 0.25) is 5.02 Å². The summed E-state index contributed by atoms with van der Waals surface area (Å²) < 4.78 is 0. The first-order valence-corrected chi connectivity index (χ1v) is 6.48. The summed E-state index contributed by atoms with van der Waals surface area (Å²) in [7, 11) is 0. The normalized spacial score (nSPS) is 11.7. The predicted molar refractivity (Wildman–Crippen MR) is 76.2 cm³/mol. The van der Waals surface area contributed by atoms with Crippen molar-refractivity contribution >= 4 is 29.1 Å². The fourth-order valence-corrected chi connectivity index (χ4v) is 1.61. The van der Waals surface area contributed by atoms with E-state index >= 15 is 0 Å². The summed E-state index contributed by atoms with van der Waals surface area (Å²) in [5.74, 6) is -0.378. The van der Waals surface area contributed by atoms with Crippen molar-refractivity contribution in [1.29, 1.82) is 0 Å². The van der Waals surface area contributed by atoms with Gasteiger partial charge in [0.1, 0.15) is 0 Å². The van der Waals surface area contributed by atoms with E-state index in [-0.39, 0.29) is 18.4 Å². The SMILES string of the molecule is CCNC(=O)C(C)NCC(=O)Nc1ccccc1Cl. The Balaban J connectivity index is 2.40. The Morgan fingerprint density at radius 2 is 2.00 bits per heavy atom. The molecule has 0 aromatic heterocycles. The van der Waals surface area contributed by atoms with Gasteiger partial charge in [0.25, 0.3) is 0 Å². The lowest BCUT2D eigenvalue weighted by Crippen LogP contribution is -2.44. The average molecular weight is 284 g/mol. The third-order valence-corrected chi connectivity index (χ3v) is 2.79. The third-order valence-electron chi connectivity index (χ3n) is 2.46. The molecular weight excluding hydrogens is 266 g/mol. The van der Waals surface area contributed by atoms with Gasteiger partial charge in [-0.2, -0.15) is 0 Å². The number of amides is 2. The number of hydrogen-bond donors (Lipinski definition) is 3. The molecule has 0 bridgehead atoms. The van der Waals surface area contributed by atoms with Gasteiger partial charge in [-0.25, -0.2) is 0 Å². The molecule has 104 valence electrons. The molecule has 1 aromatic rings. The number of carbonyl (C=O) groups is 2.